The smallest absolute Gasteiger partial charge is 0.307 e. The third kappa shape index (κ3) is 2.56. The van der Waals surface area contributed by atoms with Gasteiger partial charge in [-0.2, -0.15) is 0 Å². The molecule has 1 N–H and O–H groups in total. The summed E-state index contributed by atoms with van der Waals surface area (Å²) in [5.74, 6) is -1.04. The van der Waals surface area contributed by atoms with Crippen molar-refractivity contribution < 1.29 is 18.3 Å². The molecule has 0 saturated heterocycles. The van der Waals surface area contributed by atoms with Crippen molar-refractivity contribution in [3.8, 4) is 0 Å². The van der Waals surface area contributed by atoms with Gasteiger partial charge in [-0.15, -0.1) is 0 Å². The molecular formula is C9H10O4S. The Kier molecular flexibility index (Phi) is 2.90. The summed E-state index contributed by atoms with van der Waals surface area (Å²) in [7, 11) is -3.34. The van der Waals surface area contributed by atoms with Crippen molar-refractivity contribution in [2.24, 2.45) is 0 Å². The second-order valence-electron chi connectivity index (χ2n) is 2.95. The van der Waals surface area contributed by atoms with Crippen LogP contribution in [-0.2, 0) is 21.1 Å². The molecule has 0 aliphatic carbocycles. The Hall–Kier alpha value is -1.36. The molecule has 0 amide bonds. The molecule has 1 rings (SSSR count). The van der Waals surface area contributed by atoms with Gasteiger partial charge in [0, 0.05) is 6.26 Å². The molecule has 0 spiro atoms. The lowest BCUT2D eigenvalue weighted by Crippen LogP contribution is -2.07. The van der Waals surface area contributed by atoms with Gasteiger partial charge in [0.15, 0.2) is 9.84 Å². The number of carboxylic acids is 1. The first kappa shape index (κ1) is 10.7. The van der Waals surface area contributed by atoms with Gasteiger partial charge in [-0.1, -0.05) is 18.2 Å². The monoisotopic (exact) mass is 214 g/mol. The second kappa shape index (κ2) is 3.79. The van der Waals surface area contributed by atoms with Gasteiger partial charge in [-0.3, -0.25) is 4.79 Å². The van der Waals surface area contributed by atoms with Crippen molar-refractivity contribution in [3.05, 3.63) is 29.8 Å². The lowest BCUT2D eigenvalue weighted by atomic mass is 10.1. The van der Waals surface area contributed by atoms with Gasteiger partial charge in [-0.25, -0.2) is 8.42 Å². The molecule has 0 atom stereocenters. The number of carbonyl (C=O) groups is 1. The molecule has 5 heteroatoms. The molecule has 1 aromatic carbocycles. The summed E-state index contributed by atoms with van der Waals surface area (Å²) in [5, 5.41) is 8.56. The fourth-order valence-electron chi connectivity index (χ4n) is 1.17. The molecule has 0 aliphatic heterocycles. The fraction of sp³-hybridized carbons (Fsp3) is 0.222. The third-order valence-corrected chi connectivity index (χ3v) is 2.91. The van der Waals surface area contributed by atoms with E-state index in [1.807, 2.05) is 0 Å². The number of hydrogen-bond donors (Lipinski definition) is 1. The molecule has 0 saturated carbocycles. The Balaban J connectivity index is 3.23. The highest BCUT2D eigenvalue weighted by molar-refractivity contribution is 7.90. The maximum atomic E-state index is 11.2. The van der Waals surface area contributed by atoms with Gasteiger partial charge in [0.1, 0.15) is 0 Å². The van der Waals surface area contributed by atoms with E-state index in [0.717, 1.165) is 6.26 Å². The van der Waals surface area contributed by atoms with E-state index in [9.17, 15) is 13.2 Å². The second-order valence-corrected chi connectivity index (χ2v) is 4.93. The molecule has 0 fully saturated rings. The van der Waals surface area contributed by atoms with E-state index in [4.69, 9.17) is 5.11 Å². The van der Waals surface area contributed by atoms with Crippen molar-refractivity contribution in [2.45, 2.75) is 11.3 Å². The van der Waals surface area contributed by atoms with Gasteiger partial charge < -0.3 is 5.11 Å². The highest BCUT2D eigenvalue weighted by Crippen LogP contribution is 2.15. The van der Waals surface area contributed by atoms with Gasteiger partial charge in [0.25, 0.3) is 0 Å². The van der Waals surface area contributed by atoms with Gasteiger partial charge in [-0.05, 0) is 11.6 Å². The molecule has 14 heavy (non-hydrogen) atoms. The predicted octanol–water partition coefficient (Wildman–Crippen LogP) is 0.717. The quantitative estimate of drug-likeness (QED) is 0.804. The van der Waals surface area contributed by atoms with E-state index in [-0.39, 0.29) is 11.3 Å². The summed E-state index contributed by atoms with van der Waals surface area (Å²) in [5.41, 5.74) is 0.322. The largest absolute Gasteiger partial charge is 0.481 e. The first-order valence-electron chi connectivity index (χ1n) is 3.91. The van der Waals surface area contributed by atoms with Crippen LogP contribution in [0.4, 0.5) is 0 Å². The van der Waals surface area contributed by atoms with Crippen LogP contribution >= 0.6 is 0 Å². The SMILES string of the molecule is CS(=O)(=O)c1ccccc1CC(=O)O. The number of benzene rings is 1. The summed E-state index contributed by atoms with van der Waals surface area (Å²) < 4.78 is 22.5. The van der Waals surface area contributed by atoms with E-state index < -0.39 is 15.8 Å². The van der Waals surface area contributed by atoms with E-state index >= 15 is 0 Å². The average Bonchev–Trinajstić information content (AvgIpc) is 2.01. The zero-order valence-corrected chi connectivity index (χ0v) is 8.41. The molecule has 1 aromatic rings. The molecule has 4 nitrogen and oxygen atoms in total. The van der Waals surface area contributed by atoms with Crippen LogP contribution in [0.2, 0.25) is 0 Å². The molecule has 76 valence electrons. The molecule has 0 radical (unpaired) electrons. The van der Waals surface area contributed by atoms with Crippen molar-refractivity contribution in [3.63, 3.8) is 0 Å². The summed E-state index contributed by atoms with van der Waals surface area (Å²) in [6.45, 7) is 0. The highest BCUT2D eigenvalue weighted by atomic mass is 32.2. The van der Waals surface area contributed by atoms with Gasteiger partial charge in [0.05, 0.1) is 11.3 Å². The number of hydrogen-bond acceptors (Lipinski definition) is 3. The Labute approximate surface area is 82.1 Å². The topological polar surface area (TPSA) is 71.4 Å². The minimum Gasteiger partial charge on any atom is -0.481 e. The fourth-order valence-corrected chi connectivity index (χ4v) is 2.12. The Bertz CT molecular complexity index is 448. The predicted molar refractivity (Wildman–Crippen MR) is 50.9 cm³/mol. The van der Waals surface area contributed by atoms with Crippen molar-refractivity contribution in [1.82, 2.24) is 0 Å². The standard InChI is InChI=1S/C9H10O4S/c1-14(12,13)8-5-3-2-4-7(8)6-9(10)11/h2-5H,6H2,1H3,(H,10,11). The van der Waals surface area contributed by atoms with Crippen LogP contribution in [0.15, 0.2) is 29.2 Å². The van der Waals surface area contributed by atoms with Crippen LogP contribution < -0.4 is 0 Å². The first-order valence-corrected chi connectivity index (χ1v) is 5.80. The normalized spacial score (nSPS) is 11.2. The highest BCUT2D eigenvalue weighted by Gasteiger charge is 2.13. The molecule has 0 aromatic heterocycles. The van der Waals surface area contributed by atoms with E-state index in [0.29, 0.717) is 5.56 Å². The third-order valence-electron chi connectivity index (χ3n) is 1.71. The number of rotatable bonds is 3. The summed E-state index contributed by atoms with van der Waals surface area (Å²) in [4.78, 5) is 10.5. The minimum atomic E-state index is -3.34. The summed E-state index contributed by atoms with van der Waals surface area (Å²) >= 11 is 0. The van der Waals surface area contributed by atoms with Crippen LogP contribution in [0.1, 0.15) is 5.56 Å². The van der Waals surface area contributed by atoms with E-state index in [2.05, 4.69) is 0 Å². The molecular weight excluding hydrogens is 204 g/mol. The number of sulfone groups is 1. The Morgan fingerprint density at radius 3 is 2.43 bits per heavy atom. The number of carboxylic acid groups (broad SMARTS) is 1. The zero-order chi connectivity index (χ0) is 10.8. The van der Waals surface area contributed by atoms with Gasteiger partial charge in [0.2, 0.25) is 0 Å². The molecule has 0 unspecified atom stereocenters. The molecule has 0 heterocycles. The van der Waals surface area contributed by atoms with Crippen molar-refractivity contribution in [2.75, 3.05) is 6.26 Å². The lowest BCUT2D eigenvalue weighted by molar-refractivity contribution is -0.136. The Morgan fingerprint density at radius 1 is 1.36 bits per heavy atom. The first-order chi connectivity index (χ1) is 6.41. The summed E-state index contributed by atoms with van der Waals surface area (Å²) in [6, 6.07) is 6.10. The summed E-state index contributed by atoms with van der Waals surface area (Å²) in [6.07, 6.45) is 0.789. The maximum Gasteiger partial charge on any atom is 0.307 e. The average molecular weight is 214 g/mol. The van der Waals surface area contributed by atoms with E-state index in [1.165, 1.54) is 12.1 Å². The van der Waals surface area contributed by atoms with Crippen molar-refractivity contribution >= 4 is 15.8 Å². The van der Waals surface area contributed by atoms with Gasteiger partial charge >= 0.3 is 5.97 Å². The van der Waals surface area contributed by atoms with Crippen LogP contribution in [0.25, 0.3) is 0 Å². The lowest BCUT2D eigenvalue weighted by Gasteiger charge is -2.04. The van der Waals surface area contributed by atoms with E-state index in [1.54, 1.807) is 12.1 Å². The Morgan fingerprint density at radius 2 is 1.93 bits per heavy atom. The minimum absolute atomic E-state index is 0.0856. The van der Waals surface area contributed by atoms with Crippen molar-refractivity contribution in [1.29, 1.82) is 0 Å². The van der Waals surface area contributed by atoms with Crippen LogP contribution in [0.3, 0.4) is 0 Å². The van der Waals surface area contributed by atoms with Crippen LogP contribution in [0.5, 0.6) is 0 Å². The van der Waals surface area contributed by atoms with Crippen LogP contribution in [0, 0.1) is 0 Å². The maximum absolute atomic E-state index is 11.2. The molecule has 0 bridgehead atoms. The molecule has 0 aliphatic rings. The zero-order valence-electron chi connectivity index (χ0n) is 7.60. The number of aliphatic carboxylic acids is 1. The van der Waals surface area contributed by atoms with Crippen LogP contribution in [-0.4, -0.2) is 25.7 Å².